The summed E-state index contributed by atoms with van der Waals surface area (Å²) in [6.45, 7) is 4.40. The van der Waals surface area contributed by atoms with Crippen LogP contribution in [0.5, 0.6) is 0 Å². The highest BCUT2D eigenvalue weighted by molar-refractivity contribution is 9.10. The van der Waals surface area contributed by atoms with E-state index >= 15 is 0 Å². The van der Waals surface area contributed by atoms with E-state index in [2.05, 4.69) is 119 Å². The van der Waals surface area contributed by atoms with Crippen LogP contribution in [-0.4, -0.2) is 4.57 Å². The lowest BCUT2D eigenvalue weighted by molar-refractivity contribution is 1.18. The number of fused-ring (bicyclic) bond motifs is 3. The molecule has 0 saturated carbocycles. The minimum Gasteiger partial charge on any atom is -0.309 e. The van der Waals surface area contributed by atoms with Crippen molar-refractivity contribution in [3.05, 3.63) is 101 Å². The van der Waals surface area contributed by atoms with Crippen LogP contribution in [0, 0.1) is 13.8 Å². The van der Waals surface area contributed by atoms with Crippen molar-refractivity contribution in [2.24, 2.45) is 0 Å². The van der Waals surface area contributed by atoms with Gasteiger partial charge in [-0.25, -0.2) is 0 Å². The first-order valence-corrected chi connectivity index (χ1v) is 10.3. The Morgan fingerprint density at radius 3 is 2.11 bits per heavy atom. The van der Waals surface area contributed by atoms with E-state index in [9.17, 15) is 0 Å². The highest BCUT2D eigenvalue weighted by atomic mass is 79.9. The lowest BCUT2D eigenvalue weighted by Gasteiger charge is -2.12. The standard InChI is InChI=1S/C26H20BrN/c1-17-8-6-7-11-21(17)22-16-24-23-15-19(27)12-13-25(23)28(26(24)14-18(22)2)20-9-4-3-5-10-20/h3-16H,1-2H3. The van der Waals surface area contributed by atoms with Crippen molar-refractivity contribution in [2.75, 3.05) is 0 Å². The minimum atomic E-state index is 1.10. The van der Waals surface area contributed by atoms with Crippen molar-refractivity contribution >= 4 is 37.7 Å². The van der Waals surface area contributed by atoms with Crippen LogP contribution in [0.3, 0.4) is 0 Å². The van der Waals surface area contributed by atoms with Gasteiger partial charge in [0.25, 0.3) is 0 Å². The fourth-order valence-corrected chi connectivity index (χ4v) is 4.52. The van der Waals surface area contributed by atoms with Crippen LogP contribution in [0.25, 0.3) is 38.6 Å². The highest BCUT2D eigenvalue weighted by Gasteiger charge is 2.15. The molecule has 0 aliphatic heterocycles. The second kappa shape index (κ2) is 6.65. The Morgan fingerprint density at radius 1 is 0.607 bits per heavy atom. The molecule has 5 rings (SSSR count). The predicted octanol–water partition coefficient (Wildman–Crippen LogP) is 7.83. The number of benzene rings is 4. The summed E-state index contributed by atoms with van der Waals surface area (Å²) in [5.74, 6) is 0. The fraction of sp³-hybridized carbons (Fsp3) is 0.0769. The highest BCUT2D eigenvalue weighted by Crippen LogP contribution is 2.38. The number of nitrogens with zero attached hydrogens (tertiary/aromatic N) is 1. The van der Waals surface area contributed by atoms with Gasteiger partial charge in [-0.05, 0) is 78.6 Å². The second-order valence-electron chi connectivity index (χ2n) is 7.33. The quantitative estimate of drug-likeness (QED) is 0.271. The molecule has 0 amide bonds. The Labute approximate surface area is 173 Å². The molecule has 0 atom stereocenters. The Balaban J connectivity index is 1.92. The van der Waals surface area contributed by atoms with E-state index in [1.807, 2.05) is 0 Å². The summed E-state index contributed by atoms with van der Waals surface area (Å²) in [5, 5.41) is 2.55. The average Bonchev–Trinajstić information content (AvgIpc) is 3.01. The number of rotatable bonds is 2. The Kier molecular flexibility index (Phi) is 4.10. The zero-order valence-electron chi connectivity index (χ0n) is 15.9. The first kappa shape index (κ1) is 17.3. The lowest BCUT2D eigenvalue weighted by Crippen LogP contribution is -1.94. The van der Waals surface area contributed by atoms with E-state index in [0.717, 1.165) is 4.47 Å². The maximum Gasteiger partial charge on any atom is 0.0544 e. The molecule has 4 aromatic carbocycles. The van der Waals surface area contributed by atoms with Crippen LogP contribution < -0.4 is 0 Å². The van der Waals surface area contributed by atoms with Gasteiger partial charge in [0.1, 0.15) is 0 Å². The van der Waals surface area contributed by atoms with Gasteiger partial charge in [0.15, 0.2) is 0 Å². The van der Waals surface area contributed by atoms with Gasteiger partial charge < -0.3 is 4.57 Å². The summed E-state index contributed by atoms with van der Waals surface area (Å²) in [7, 11) is 0. The van der Waals surface area contributed by atoms with Crippen molar-refractivity contribution in [1.29, 1.82) is 0 Å². The first-order chi connectivity index (χ1) is 13.6. The maximum absolute atomic E-state index is 3.66. The van der Waals surface area contributed by atoms with Crippen molar-refractivity contribution in [3.8, 4) is 16.8 Å². The van der Waals surface area contributed by atoms with Crippen LogP contribution in [0.15, 0.2) is 89.4 Å². The molecule has 136 valence electrons. The molecule has 0 aliphatic carbocycles. The van der Waals surface area contributed by atoms with Gasteiger partial charge in [0.05, 0.1) is 11.0 Å². The molecule has 0 spiro atoms. The van der Waals surface area contributed by atoms with E-state index in [-0.39, 0.29) is 0 Å². The van der Waals surface area contributed by atoms with E-state index in [1.165, 1.54) is 49.7 Å². The number of hydrogen-bond acceptors (Lipinski definition) is 0. The molecule has 2 heteroatoms. The van der Waals surface area contributed by atoms with Crippen molar-refractivity contribution in [2.45, 2.75) is 13.8 Å². The number of halogens is 1. The van der Waals surface area contributed by atoms with Gasteiger partial charge in [0, 0.05) is 20.9 Å². The molecule has 0 radical (unpaired) electrons. The van der Waals surface area contributed by atoms with Crippen LogP contribution >= 0.6 is 15.9 Å². The van der Waals surface area contributed by atoms with Crippen LogP contribution in [0.2, 0.25) is 0 Å². The summed E-state index contributed by atoms with van der Waals surface area (Å²) in [5.41, 5.74) is 8.86. The Bertz CT molecular complexity index is 1330. The largest absolute Gasteiger partial charge is 0.309 e. The average molecular weight is 426 g/mol. The van der Waals surface area contributed by atoms with Crippen molar-refractivity contribution in [3.63, 3.8) is 0 Å². The second-order valence-corrected chi connectivity index (χ2v) is 8.25. The van der Waals surface area contributed by atoms with Gasteiger partial charge >= 0.3 is 0 Å². The smallest absolute Gasteiger partial charge is 0.0544 e. The normalized spacial score (nSPS) is 11.4. The molecular weight excluding hydrogens is 406 g/mol. The molecule has 0 fully saturated rings. The lowest BCUT2D eigenvalue weighted by atomic mass is 9.95. The van der Waals surface area contributed by atoms with Crippen molar-refractivity contribution in [1.82, 2.24) is 4.57 Å². The van der Waals surface area contributed by atoms with E-state index in [1.54, 1.807) is 0 Å². The zero-order chi connectivity index (χ0) is 19.3. The molecular formula is C26H20BrN. The molecule has 0 saturated heterocycles. The number of aromatic nitrogens is 1. The Hall–Kier alpha value is -2.84. The molecule has 1 heterocycles. The van der Waals surface area contributed by atoms with E-state index in [0.29, 0.717) is 0 Å². The monoisotopic (exact) mass is 425 g/mol. The summed E-state index contributed by atoms with van der Waals surface area (Å²) in [6, 6.07) is 30.5. The summed E-state index contributed by atoms with van der Waals surface area (Å²) in [6.07, 6.45) is 0. The van der Waals surface area contributed by atoms with Gasteiger partial charge in [-0.15, -0.1) is 0 Å². The molecule has 1 nitrogen and oxygen atoms in total. The first-order valence-electron chi connectivity index (χ1n) is 9.49. The third-order valence-corrected chi connectivity index (χ3v) is 6.02. The van der Waals surface area contributed by atoms with Crippen LogP contribution in [0.4, 0.5) is 0 Å². The summed E-state index contributed by atoms with van der Waals surface area (Å²) >= 11 is 3.66. The van der Waals surface area contributed by atoms with Gasteiger partial charge in [0.2, 0.25) is 0 Å². The Morgan fingerprint density at radius 2 is 1.32 bits per heavy atom. The van der Waals surface area contributed by atoms with Crippen LogP contribution in [0.1, 0.15) is 11.1 Å². The molecule has 5 aromatic rings. The molecule has 0 unspecified atom stereocenters. The predicted molar refractivity (Wildman–Crippen MR) is 123 cm³/mol. The number of aryl methyl sites for hydroxylation is 2. The third kappa shape index (κ3) is 2.68. The van der Waals surface area contributed by atoms with Gasteiger partial charge in [-0.2, -0.15) is 0 Å². The topological polar surface area (TPSA) is 4.93 Å². The molecule has 0 bridgehead atoms. The SMILES string of the molecule is Cc1ccccc1-c1cc2c3cc(Br)ccc3n(-c3ccccc3)c2cc1C. The number of para-hydroxylation sites is 1. The van der Waals surface area contributed by atoms with Crippen LogP contribution in [-0.2, 0) is 0 Å². The van der Waals surface area contributed by atoms with E-state index in [4.69, 9.17) is 0 Å². The van der Waals surface area contributed by atoms with Gasteiger partial charge in [-0.3, -0.25) is 0 Å². The molecule has 0 N–H and O–H groups in total. The van der Waals surface area contributed by atoms with Gasteiger partial charge in [-0.1, -0.05) is 58.4 Å². The molecule has 0 aliphatic rings. The molecule has 28 heavy (non-hydrogen) atoms. The number of hydrogen-bond donors (Lipinski definition) is 0. The molecule has 1 aromatic heterocycles. The fourth-order valence-electron chi connectivity index (χ4n) is 4.16. The summed E-state index contributed by atoms with van der Waals surface area (Å²) in [4.78, 5) is 0. The third-order valence-electron chi connectivity index (χ3n) is 5.52. The van der Waals surface area contributed by atoms with Crippen molar-refractivity contribution < 1.29 is 0 Å². The van der Waals surface area contributed by atoms with E-state index < -0.39 is 0 Å². The maximum atomic E-state index is 3.66. The summed E-state index contributed by atoms with van der Waals surface area (Å²) < 4.78 is 3.47. The zero-order valence-corrected chi connectivity index (χ0v) is 17.5. The minimum absolute atomic E-state index is 1.10.